The van der Waals surface area contributed by atoms with Crippen LogP contribution in [0.4, 0.5) is 0 Å². The van der Waals surface area contributed by atoms with Crippen molar-refractivity contribution < 1.29 is 0 Å². The standard InChI is InChI=1S/C15H16N4OS3/c1-3-19-13(20)11-9-6-4-5-7-10(9)21-12(11)17-14(19)22-15-16-8(2)18-23-15/h3-7H2,1-2H3. The van der Waals surface area contributed by atoms with Crippen LogP contribution in [-0.4, -0.2) is 18.9 Å². The van der Waals surface area contributed by atoms with Gasteiger partial charge in [-0.15, -0.1) is 11.3 Å². The molecule has 1 aliphatic carbocycles. The van der Waals surface area contributed by atoms with Gasteiger partial charge in [-0.2, -0.15) is 4.37 Å². The summed E-state index contributed by atoms with van der Waals surface area (Å²) in [6.07, 6.45) is 4.48. The summed E-state index contributed by atoms with van der Waals surface area (Å²) in [6.45, 7) is 4.48. The third-order valence-corrected chi connectivity index (χ3v) is 7.07. The van der Waals surface area contributed by atoms with Gasteiger partial charge in [-0.25, -0.2) is 9.97 Å². The number of rotatable bonds is 3. The summed E-state index contributed by atoms with van der Waals surface area (Å²) in [5, 5.41) is 1.57. The highest BCUT2D eigenvalue weighted by atomic mass is 32.2. The zero-order chi connectivity index (χ0) is 16.0. The molecule has 0 saturated carbocycles. The van der Waals surface area contributed by atoms with E-state index in [1.165, 1.54) is 46.6 Å². The van der Waals surface area contributed by atoms with Crippen LogP contribution in [0.1, 0.15) is 36.0 Å². The Bertz CT molecular complexity index is 940. The number of nitrogens with zero attached hydrogens (tertiary/aromatic N) is 4. The maximum absolute atomic E-state index is 13.0. The fourth-order valence-corrected chi connectivity index (χ4v) is 5.99. The first-order valence-corrected chi connectivity index (χ1v) is 10.1. The molecule has 23 heavy (non-hydrogen) atoms. The molecular weight excluding hydrogens is 348 g/mol. The van der Waals surface area contributed by atoms with E-state index in [1.807, 2.05) is 13.8 Å². The van der Waals surface area contributed by atoms with E-state index >= 15 is 0 Å². The van der Waals surface area contributed by atoms with E-state index in [2.05, 4.69) is 9.36 Å². The smallest absolute Gasteiger partial charge is 0.263 e. The van der Waals surface area contributed by atoms with Crippen molar-refractivity contribution in [1.29, 1.82) is 0 Å². The summed E-state index contributed by atoms with van der Waals surface area (Å²) < 4.78 is 6.80. The highest BCUT2D eigenvalue weighted by molar-refractivity contribution is 8.00. The Kier molecular flexibility index (Phi) is 3.98. The second-order valence-electron chi connectivity index (χ2n) is 5.54. The molecule has 0 radical (unpaired) electrons. The van der Waals surface area contributed by atoms with Crippen molar-refractivity contribution >= 4 is 44.8 Å². The van der Waals surface area contributed by atoms with Gasteiger partial charge in [-0.3, -0.25) is 9.36 Å². The average Bonchev–Trinajstić information content (AvgIpc) is 3.10. The summed E-state index contributed by atoms with van der Waals surface area (Å²) in [7, 11) is 0. The molecule has 3 aromatic heterocycles. The Morgan fingerprint density at radius 1 is 1.26 bits per heavy atom. The lowest BCUT2D eigenvalue weighted by Gasteiger charge is -2.11. The van der Waals surface area contributed by atoms with E-state index in [0.717, 1.165) is 38.4 Å². The van der Waals surface area contributed by atoms with Gasteiger partial charge in [0, 0.05) is 11.4 Å². The molecule has 0 N–H and O–H groups in total. The zero-order valence-corrected chi connectivity index (χ0v) is 15.4. The van der Waals surface area contributed by atoms with Crippen LogP contribution >= 0.6 is 34.6 Å². The van der Waals surface area contributed by atoms with E-state index in [0.29, 0.717) is 6.54 Å². The minimum absolute atomic E-state index is 0.0978. The SMILES string of the molecule is CCn1c(Sc2nc(C)ns2)nc2sc3c(c2c1=O)CCCC3. The number of thiophene rings is 1. The van der Waals surface area contributed by atoms with Crippen LogP contribution in [0, 0.1) is 6.92 Å². The van der Waals surface area contributed by atoms with Crippen LogP contribution in [0.3, 0.4) is 0 Å². The van der Waals surface area contributed by atoms with Gasteiger partial charge in [0.25, 0.3) is 5.56 Å². The first-order chi connectivity index (χ1) is 11.2. The highest BCUT2D eigenvalue weighted by Gasteiger charge is 2.22. The zero-order valence-electron chi connectivity index (χ0n) is 13.0. The van der Waals surface area contributed by atoms with Crippen LogP contribution in [0.2, 0.25) is 0 Å². The molecule has 0 spiro atoms. The van der Waals surface area contributed by atoms with Crippen molar-refractivity contribution in [3.05, 3.63) is 26.6 Å². The normalized spacial score (nSPS) is 14.3. The predicted octanol–water partition coefficient (Wildman–Crippen LogP) is 3.67. The molecular formula is C15H16N4OS3. The Morgan fingerprint density at radius 2 is 2.09 bits per heavy atom. The molecule has 3 heterocycles. The van der Waals surface area contributed by atoms with Gasteiger partial charge in [0.1, 0.15) is 10.7 Å². The molecule has 0 bridgehead atoms. The lowest BCUT2D eigenvalue weighted by atomic mass is 9.97. The molecule has 0 saturated heterocycles. The van der Waals surface area contributed by atoms with Gasteiger partial charge < -0.3 is 0 Å². The minimum atomic E-state index is 0.0978. The molecule has 3 aromatic rings. The van der Waals surface area contributed by atoms with Crippen molar-refractivity contribution in [3.8, 4) is 0 Å². The average molecular weight is 365 g/mol. The molecule has 0 fully saturated rings. The van der Waals surface area contributed by atoms with Crippen molar-refractivity contribution in [2.75, 3.05) is 0 Å². The van der Waals surface area contributed by atoms with Crippen molar-refractivity contribution in [3.63, 3.8) is 0 Å². The number of aromatic nitrogens is 4. The fraction of sp³-hybridized carbons (Fsp3) is 0.467. The maximum Gasteiger partial charge on any atom is 0.263 e. The van der Waals surface area contributed by atoms with Crippen LogP contribution in [0.15, 0.2) is 14.3 Å². The van der Waals surface area contributed by atoms with E-state index in [1.54, 1.807) is 15.9 Å². The minimum Gasteiger partial charge on any atom is -0.287 e. The molecule has 0 atom stereocenters. The molecule has 1 aliphatic rings. The Labute approximate surface area is 146 Å². The number of fused-ring (bicyclic) bond motifs is 3. The Morgan fingerprint density at radius 3 is 2.83 bits per heavy atom. The first-order valence-electron chi connectivity index (χ1n) is 7.70. The first kappa shape index (κ1) is 15.3. The summed E-state index contributed by atoms with van der Waals surface area (Å²) in [5.74, 6) is 0.760. The summed E-state index contributed by atoms with van der Waals surface area (Å²) >= 11 is 4.48. The quantitative estimate of drug-likeness (QED) is 0.664. The van der Waals surface area contributed by atoms with Gasteiger partial charge in [0.2, 0.25) is 0 Å². The lowest BCUT2D eigenvalue weighted by molar-refractivity contribution is 0.633. The molecule has 8 heteroatoms. The topological polar surface area (TPSA) is 60.7 Å². The molecule has 0 amide bonds. The second-order valence-corrected chi connectivity index (χ2v) is 8.59. The monoisotopic (exact) mass is 364 g/mol. The van der Waals surface area contributed by atoms with Gasteiger partial charge >= 0.3 is 0 Å². The fourth-order valence-electron chi connectivity index (χ4n) is 2.97. The van der Waals surface area contributed by atoms with Crippen molar-refractivity contribution in [2.45, 2.75) is 55.6 Å². The van der Waals surface area contributed by atoms with Gasteiger partial charge in [0.05, 0.1) is 5.39 Å². The van der Waals surface area contributed by atoms with E-state index in [4.69, 9.17) is 4.98 Å². The summed E-state index contributed by atoms with van der Waals surface area (Å²) in [6, 6.07) is 0. The molecule has 0 unspecified atom stereocenters. The van der Waals surface area contributed by atoms with E-state index in [9.17, 15) is 4.79 Å². The van der Waals surface area contributed by atoms with Crippen LogP contribution in [0.25, 0.3) is 10.2 Å². The molecule has 0 aliphatic heterocycles. The number of aryl methyl sites for hydroxylation is 3. The lowest BCUT2D eigenvalue weighted by Crippen LogP contribution is -2.22. The number of hydrogen-bond acceptors (Lipinski definition) is 7. The molecule has 0 aromatic carbocycles. The highest BCUT2D eigenvalue weighted by Crippen LogP contribution is 2.35. The molecule has 120 valence electrons. The Balaban J connectivity index is 1.89. The summed E-state index contributed by atoms with van der Waals surface area (Å²) in [4.78, 5) is 24.4. The number of hydrogen-bond donors (Lipinski definition) is 0. The largest absolute Gasteiger partial charge is 0.287 e. The van der Waals surface area contributed by atoms with Gasteiger partial charge in [0.15, 0.2) is 9.50 Å². The van der Waals surface area contributed by atoms with Gasteiger partial charge in [-0.05, 0) is 68.4 Å². The summed E-state index contributed by atoms with van der Waals surface area (Å²) in [5.41, 5.74) is 1.35. The molecule has 5 nitrogen and oxygen atoms in total. The van der Waals surface area contributed by atoms with Gasteiger partial charge in [-0.1, -0.05) is 0 Å². The maximum atomic E-state index is 13.0. The van der Waals surface area contributed by atoms with E-state index in [-0.39, 0.29) is 5.56 Å². The predicted molar refractivity (Wildman–Crippen MR) is 95.0 cm³/mol. The Hall–Kier alpha value is -1.25. The van der Waals surface area contributed by atoms with E-state index < -0.39 is 0 Å². The molecule has 4 rings (SSSR count). The second kappa shape index (κ2) is 5.99. The van der Waals surface area contributed by atoms with Crippen molar-refractivity contribution in [1.82, 2.24) is 18.9 Å². The van der Waals surface area contributed by atoms with Crippen molar-refractivity contribution in [2.24, 2.45) is 0 Å². The van der Waals surface area contributed by atoms with Crippen LogP contribution < -0.4 is 5.56 Å². The third kappa shape index (κ3) is 2.62. The third-order valence-electron chi connectivity index (χ3n) is 4.04. The van der Waals surface area contributed by atoms with Crippen LogP contribution in [-0.2, 0) is 19.4 Å². The van der Waals surface area contributed by atoms with Crippen LogP contribution in [0.5, 0.6) is 0 Å².